The molecule has 116 valence electrons. The van der Waals surface area contributed by atoms with Crippen molar-refractivity contribution in [2.75, 3.05) is 13.0 Å². The van der Waals surface area contributed by atoms with Crippen LogP contribution >= 0.6 is 69.6 Å². The van der Waals surface area contributed by atoms with Crippen molar-refractivity contribution in [3.05, 3.63) is 17.7 Å². The topological polar surface area (TPSA) is 52.6 Å². The summed E-state index contributed by atoms with van der Waals surface area (Å²) in [7, 11) is 1.63. The van der Waals surface area contributed by atoms with Crippen LogP contribution in [0.2, 0.25) is 0 Å². The second kappa shape index (κ2) is 11.1. The molecule has 1 aliphatic heterocycles. The molecule has 0 fully saturated rings. The molecule has 20 heavy (non-hydrogen) atoms. The first-order chi connectivity index (χ1) is 9.54. The number of ether oxygens (including phenoxy) is 2. The van der Waals surface area contributed by atoms with Crippen molar-refractivity contribution in [3.63, 3.8) is 0 Å². The van der Waals surface area contributed by atoms with Crippen LogP contribution in [-0.2, 0) is 16.0 Å². The average molecular weight is 551 g/mol. The SMILES string of the molecule is CS(=O)(=O)c1c(CPBr)ccc2c1OCO2.PBr.PBr. The molecule has 0 amide bonds. The van der Waals surface area contributed by atoms with E-state index in [1.807, 2.05) is 0 Å². The highest BCUT2D eigenvalue weighted by Gasteiger charge is 2.26. The molecule has 0 radical (unpaired) electrons. The summed E-state index contributed by atoms with van der Waals surface area (Å²) >= 11 is 9.04. The summed E-state index contributed by atoms with van der Waals surface area (Å²) in [6.45, 7) is 0.0813. The summed E-state index contributed by atoms with van der Waals surface area (Å²) in [4.78, 5) is 0.259. The predicted octanol–water partition coefficient (Wildman–Crippen LogP) is 4.65. The molecule has 0 saturated heterocycles. The first-order valence-electron chi connectivity index (χ1n) is 4.92. The number of halogens is 3. The number of sulfone groups is 1. The van der Waals surface area contributed by atoms with Crippen molar-refractivity contribution in [2.45, 2.75) is 11.1 Å². The molecule has 0 aromatic heterocycles. The normalized spacial score (nSPS) is 12.5. The Labute approximate surface area is 149 Å². The summed E-state index contributed by atoms with van der Waals surface area (Å²) in [6.07, 6.45) is 1.85. The molecule has 4 nitrogen and oxygen atoms in total. The smallest absolute Gasteiger partial charge is 0.231 e. The van der Waals surface area contributed by atoms with E-state index in [0.717, 1.165) is 5.56 Å². The van der Waals surface area contributed by atoms with E-state index < -0.39 is 9.84 Å². The molecule has 1 aromatic rings. The van der Waals surface area contributed by atoms with E-state index in [0.29, 0.717) is 24.9 Å². The number of hydrogen-bond acceptors (Lipinski definition) is 4. The minimum absolute atomic E-state index is 0.0813. The lowest BCUT2D eigenvalue weighted by atomic mass is 10.2. The van der Waals surface area contributed by atoms with Gasteiger partial charge in [-0.15, -0.1) is 0 Å². The van der Waals surface area contributed by atoms with Crippen molar-refractivity contribution in [3.8, 4) is 11.5 Å². The number of rotatable bonds is 3. The van der Waals surface area contributed by atoms with Crippen LogP contribution in [0.5, 0.6) is 11.5 Å². The maximum Gasteiger partial charge on any atom is 0.231 e. The Hall–Kier alpha value is 1.50. The number of hydrogen-bond donors (Lipinski definition) is 0. The van der Waals surface area contributed by atoms with Crippen molar-refractivity contribution in [2.24, 2.45) is 0 Å². The molecule has 0 aliphatic carbocycles. The van der Waals surface area contributed by atoms with Gasteiger partial charge in [-0.1, -0.05) is 68.4 Å². The van der Waals surface area contributed by atoms with Crippen molar-refractivity contribution in [1.82, 2.24) is 0 Å². The summed E-state index contributed by atoms with van der Waals surface area (Å²) in [5, 5.41) is 0. The number of fused-ring (bicyclic) bond motifs is 1. The summed E-state index contributed by atoms with van der Waals surface area (Å²) in [5.41, 5.74) is 0.766. The van der Waals surface area contributed by atoms with Gasteiger partial charge in [0.2, 0.25) is 6.79 Å². The van der Waals surface area contributed by atoms with Crippen molar-refractivity contribution >= 4 is 79.5 Å². The van der Waals surface area contributed by atoms with Crippen LogP contribution in [0.25, 0.3) is 0 Å². The fraction of sp³-hybridized carbons (Fsp3) is 0.333. The van der Waals surface area contributed by atoms with Crippen LogP contribution in [0.3, 0.4) is 0 Å². The Morgan fingerprint density at radius 2 is 1.85 bits per heavy atom. The number of benzene rings is 1. The van der Waals surface area contributed by atoms with Crippen molar-refractivity contribution < 1.29 is 17.9 Å². The Bertz CT molecular complexity index is 527. The monoisotopic (exact) mass is 548 g/mol. The molecule has 1 heterocycles. The van der Waals surface area contributed by atoms with E-state index in [1.54, 1.807) is 12.1 Å². The molecular weight excluding hydrogens is 537 g/mol. The fourth-order valence-electron chi connectivity index (χ4n) is 1.61. The highest BCUT2D eigenvalue weighted by atomic mass is 79.9. The zero-order valence-corrected chi connectivity index (χ0v) is 19.3. The van der Waals surface area contributed by atoms with Crippen molar-refractivity contribution in [1.29, 1.82) is 0 Å². The van der Waals surface area contributed by atoms with Crippen LogP contribution in [0, 0.1) is 0 Å². The molecular formula is C9H14Br3O4P3S. The third-order valence-corrected chi connectivity index (χ3v) is 4.75. The van der Waals surface area contributed by atoms with Gasteiger partial charge in [-0.2, -0.15) is 0 Å². The molecule has 2 rings (SSSR count). The minimum atomic E-state index is -3.30. The molecule has 11 heteroatoms. The maximum absolute atomic E-state index is 11.7. The van der Waals surface area contributed by atoms with E-state index in [1.165, 1.54) is 6.26 Å². The van der Waals surface area contributed by atoms with Gasteiger partial charge in [0.15, 0.2) is 21.3 Å². The van der Waals surface area contributed by atoms with Gasteiger partial charge in [0, 0.05) is 12.4 Å². The van der Waals surface area contributed by atoms with Gasteiger partial charge in [0.1, 0.15) is 4.90 Å². The van der Waals surface area contributed by atoms with E-state index in [-0.39, 0.29) is 11.7 Å². The van der Waals surface area contributed by atoms with Crippen LogP contribution in [0.15, 0.2) is 17.0 Å². The van der Waals surface area contributed by atoms with E-state index in [4.69, 9.17) is 9.47 Å². The Morgan fingerprint density at radius 3 is 2.35 bits per heavy atom. The largest absolute Gasteiger partial charge is 0.454 e. The standard InChI is InChI=1S/C9H10BrO4PS.2BrH2P/c1-16(11,12)9-6(4-15-10)2-3-7-8(9)14-5-13-7;2*1-2/h2-3,15H,4-5H2,1H3;2*2H2. The Morgan fingerprint density at radius 1 is 1.25 bits per heavy atom. The summed E-state index contributed by atoms with van der Waals surface area (Å²) < 4.78 is 33.9. The second-order valence-corrected chi connectivity index (χ2v) is 7.63. The summed E-state index contributed by atoms with van der Waals surface area (Å²) in [5.74, 6) is 0.854. The van der Waals surface area contributed by atoms with Gasteiger partial charge >= 0.3 is 0 Å². The molecule has 0 bridgehead atoms. The van der Waals surface area contributed by atoms with E-state index in [2.05, 4.69) is 62.4 Å². The third-order valence-electron chi connectivity index (χ3n) is 2.20. The molecule has 1 aliphatic rings. The van der Waals surface area contributed by atoms with E-state index in [9.17, 15) is 8.42 Å². The van der Waals surface area contributed by atoms with Gasteiger partial charge in [-0.3, -0.25) is 0 Å². The van der Waals surface area contributed by atoms with E-state index >= 15 is 0 Å². The lowest BCUT2D eigenvalue weighted by Gasteiger charge is -2.09. The molecule has 1 aromatic carbocycles. The molecule has 3 unspecified atom stereocenters. The first kappa shape index (κ1) is 21.5. The lowest BCUT2D eigenvalue weighted by Crippen LogP contribution is -2.03. The lowest BCUT2D eigenvalue weighted by molar-refractivity contribution is 0.172. The second-order valence-electron chi connectivity index (χ2n) is 3.37. The first-order valence-corrected chi connectivity index (χ1v) is 16.6. The quantitative estimate of drug-likeness (QED) is 0.514. The molecule has 0 spiro atoms. The molecule has 0 N–H and O–H groups in total. The van der Waals surface area contributed by atoms with Crippen LogP contribution in [0.4, 0.5) is 0 Å². The van der Waals surface area contributed by atoms with Gasteiger partial charge in [0.05, 0.1) is 0 Å². The van der Waals surface area contributed by atoms with Gasteiger partial charge < -0.3 is 9.47 Å². The van der Waals surface area contributed by atoms with Crippen LogP contribution < -0.4 is 9.47 Å². The Kier molecular flexibility index (Phi) is 11.9. The zero-order valence-electron chi connectivity index (χ0n) is 10.4. The molecule has 0 saturated carbocycles. The average Bonchev–Trinajstić information content (AvgIpc) is 2.90. The van der Waals surface area contributed by atoms with Crippen LogP contribution in [-0.4, -0.2) is 21.5 Å². The highest BCUT2D eigenvalue weighted by Crippen LogP contribution is 2.42. The van der Waals surface area contributed by atoms with Gasteiger partial charge in [-0.25, -0.2) is 8.42 Å². The fourth-order valence-corrected chi connectivity index (χ4v) is 4.19. The van der Waals surface area contributed by atoms with Gasteiger partial charge in [0.25, 0.3) is 0 Å². The highest BCUT2D eigenvalue weighted by molar-refractivity contribution is 9.36. The predicted molar refractivity (Wildman–Crippen MR) is 104 cm³/mol. The molecule has 3 atom stereocenters. The summed E-state index contributed by atoms with van der Waals surface area (Å²) in [6, 6.07) is 3.53. The van der Waals surface area contributed by atoms with Gasteiger partial charge in [-0.05, 0) is 18.9 Å². The maximum atomic E-state index is 11.7. The minimum Gasteiger partial charge on any atom is -0.454 e. The Balaban J connectivity index is 0.000000829. The van der Waals surface area contributed by atoms with Crippen LogP contribution in [0.1, 0.15) is 5.56 Å². The zero-order chi connectivity index (χ0) is 15.8. The third kappa shape index (κ3) is 5.95.